The number of carbonyl (C=O) groups excluding carboxylic acids is 1. The summed E-state index contributed by atoms with van der Waals surface area (Å²) in [6, 6.07) is 12.1. The first-order chi connectivity index (χ1) is 12.4. The zero-order chi connectivity index (χ0) is 18.7. The van der Waals surface area contributed by atoms with Crippen molar-refractivity contribution < 1.29 is 17.9 Å². The highest BCUT2D eigenvalue weighted by molar-refractivity contribution is 7.89. The van der Waals surface area contributed by atoms with Crippen LogP contribution >= 0.6 is 0 Å². The van der Waals surface area contributed by atoms with Gasteiger partial charge in [-0.15, -0.1) is 0 Å². The van der Waals surface area contributed by atoms with Crippen LogP contribution in [0.4, 0.5) is 5.69 Å². The predicted molar refractivity (Wildman–Crippen MR) is 99.9 cm³/mol. The van der Waals surface area contributed by atoms with Gasteiger partial charge >= 0.3 is 0 Å². The van der Waals surface area contributed by atoms with Gasteiger partial charge in [0.2, 0.25) is 15.9 Å². The monoisotopic (exact) mass is 374 g/mol. The van der Waals surface area contributed by atoms with E-state index in [4.69, 9.17) is 4.74 Å². The minimum absolute atomic E-state index is 0.234. The second kappa shape index (κ2) is 7.47. The van der Waals surface area contributed by atoms with Gasteiger partial charge in [0, 0.05) is 12.7 Å². The number of ether oxygens (including phenoxy) is 1. The third kappa shape index (κ3) is 3.89. The molecule has 7 heteroatoms. The number of nitrogens with zero attached hydrogens (tertiary/aromatic N) is 1. The van der Waals surface area contributed by atoms with Crippen LogP contribution in [0.1, 0.15) is 17.5 Å². The molecule has 1 amide bonds. The number of likely N-dealkylation sites (N-methyl/N-ethyl adjacent to an activating group) is 1. The van der Waals surface area contributed by atoms with Crippen molar-refractivity contribution in [3.05, 3.63) is 53.6 Å². The van der Waals surface area contributed by atoms with Crippen LogP contribution in [0.25, 0.3) is 0 Å². The first kappa shape index (κ1) is 18.4. The fraction of sp³-hybridized carbons (Fsp3) is 0.316. The van der Waals surface area contributed by atoms with Crippen molar-refractivity contribution in [3.63, 3.8) is 0 Å². The molecule has 0 unspecified atom stereocenters. The summed E-state index contributed by atoms with van der Waals surface area (Å²) < 4.78 is 31.6. The van der Waals surface area contributed by atoms with E-state index >= 15 is 0 Å². The molecule has 26 heavy (non-hydrogen) atoms. The summed E-state index contributed by atoms with van der Waals surface area (Å²) in [6.45, 7) is -0.258. The Hall–Kier alpha value is -2.38. The zero-order valence-corrected chi connectivity index (χ0v) is 15.7. The van der Waals surface area contributed by atoms with Crippen LogP contribution in [0.3, 0.4) is 0 Å². The molecule has 0 atom stereocenters. The molecule has 6 nitrogen and oxygen atoms in total. The molecular weight excluding hydrogens is 352 g/mol. The highest BCUT2D eigenvalue weighted by atomic mass is 32.2. The topological polar surface area (TPSA) is 75.7 Å². The first-order valence-corrected chi connectivity index (χ1v) is 9.86. The van der Waals surface area contributed by atoms with Crippen LogP contribution in [-0.2, 0) is 27.7 Å². The SMILES string of the molecule is COc1ccc(NC(=O)CN(C)S(=O)(=O)c2ccc3c(c2)CCC3)cc1. The lowest BCUT2D eigenvalue weighted by atomic mass is 10.1. The lowest BCUT2D eigenvalue weighted by Crippen LogP contribution is -2.35. The quantitative estimate of drug-likeness (QED) is 0.843. The molecule has 3 rings (SSSR count). The normalized spacial score (nSPS) is 13.5. The number of anilines is 1. The summed E-state index contributed by atoms with van der Waals surface area (Å²) in [7, 11) is -0.731. The maximum Gasteiger partial charge on any atom is 0.243 e. The maximum atomic E-state index is 12.7. The van der Waals surface area contributed by atoms with Crippen LogP contribution in [0, 0.1) is 0 Å². The number of nitrogens with one attached hydrogen (secondary N) is 1. The average Bonchev–Trinajstić information content (AvgIpc) is 3.10. The predicted octanol–water partition coefficient (Wildman–Crippen LogP) is 2.44. The van der Waals surface area contributed by atoms with Gasteiger partial charge in [-0.1, -0.05) is 6.07 Å². The highest BCUT2D eigenvalue weighted by Crippen LogP contribution is 2.26. The standard InChI is InChI=1S/C19H22N2O4S/c1-21(13-19(22)20-16-7-9-17(25-2)10-8-16)26(23,24)18-11-6-14-4-3-5-15(14)12-18/h6-12H,3-5,13H2,1-2H3,(H,20,22). The molecule has 1 aliphatic rings. The van der Waals surface area contributed by atoms with E-state index in [1.807, 2.05) is 6.07 Å². The van der Waals surface area contributed by atoms with E-state index in [9.17, 15) is 13.2 Å². The van der Waals surface area contributed by atoms with Gasteiger partial charge in [-0.25, -0.2) is 8.42 Å². The summed E-state index contributed by atoms with van der Waals surface area (Å²) in [4.78, 5) is 12.4. The summed E-state index contributed by atoms with van der Waals surface area (Å²) in [5.74, 6) is 0.279. The van der Waals surface area contributed by atoms with Crippen molar-refractivity contribution in [2.24, 2.45) is 0 Å². The Morgan fingerprint density at radius 1 is 1.12 bits per heavy atom. The molecule has 138 valence electrons. The molecule has 2 aromatic carbocycles. The van der Waals surface area contributed by atoms with E-state index in [-0.39, 0.29) is 11.4 Å². The lowest BCUT2D eigenvalue weighted by molar-refractivity contribution is -0.116. The number of hydrogen-bond donors (Lipinski definition) is 1. The fourth-order valence-corrected chi connectivity index (χ4v) is 4.23. The number of hydrogen-bond acceptors (Lipinski definition) is 4. The van der Waals surface area contributed by atoms with E-state index in [1.165, 1.54) is 12.6 Å². The summed E-state index contributed by atoms with van der Waals surface area (Å²) in [5, 5.41) is 2.69. The Morgan fingerprint density at radius 3 is 2.50 bits per heavy atom. The first-order valence-electron chi connectivity index (χ1n) is 8.42. The molecule has 0 saturated carbocycles. The molecule has 1 N–H and O–H groups in total. The Balaban J connectivity index is 1.67. The van der Waals surface area contributed by atoms with Crippen molar-refractivity contribution in [1.82, 2.24) is 4.31 Å². The van der Waals surface area contributed by atoms with Crippen molar-refractivity contribution in [1.29, 1.82) is 0 Å². The molecule has 0 aromatic heterocycles. The summed E-state index contributed by atoms with van der Waals surface area (Å²) in [6.07, 6.45) is 2.95. The number of aryl methyl sites for hydroxylation is 2. The second-order valence-corrected chi connectivity index (χ2v) is 8.37. The maximum absolute atomic E-state index is 12.7. The van der Waals surface area contributed by atoms with Gasteiger partial charge in [-0.2, -0.15) is 4.31 Å². The Morgan fingerprint density at radius 2 is 1.81 bits per heavy atom. The molecule has 0 radical (unpaired) electrons. The number of carbonyl (C=O) groups is 1. The van der Waals surface area contributed by atoms with Crippen LogP contribution in [-0.4, -0.2) is 39.3 Å². The minimum Gasteiger partial charge on any atom is -0.497 e. The third-order valence-corrected chi connectivity index (χ3v) is 6.32. The van der Waals surface area contributed by atoms with Gasteiger partial charge in [-0.3, -0.25) is 4.79 Å². The van der Waals surface area contributed by atoms with E-state index < -0.39 is 15.9 Å². The van der Waals surface area contributed by atoms with Crippen LogP contribution in [0.2, 0.25) is 0 Å². The van der Waals surface area contributed by atoms with Gasteiger partial charge in [0.1, 0.15) is 5.75 Å². The van der Waals surface area contributed by atoms with E-state index in [1.54, 1.807) is 43.5 Å². The number of methoxy groups -OCH3 is 1. The van der Waals surface area contributed by atoms with Crippen molar-refractivity contribution in [2.75, 3.05) is 26.0 Å². The highest BCUT2D eigenvalue weighted by Gasteiger charge is 2.24. The lowest BCUT2D eigenvalue weighted by Gasteiger charge is -2.17. The Labute approximate surface area is 153 Å². The minimum atomic E-state index is -3.71. The largest absolute Gasteiger partial charge is 0.497 e. The van der Waals surface area contributed by atoms with E-state index in [0.717, 1.165) is 29.1 Å². The Kier molecular flexibility index (Phi) is 5.29. The molecule has 2 aromatic rings. The average molecular weight is 374 g/mol. The second-order valence-electron chi connectivity index (χ2n) is 6.32. The number of benzene rings is 2. The molecule has 0 aliphatic heterocycles. The van der Waals surface area contributed by atoms with Gasteiger partial charge < -0.3 is 10.1 Å². The van der Waals surface area contributed by atoms with E-state index in [2.05, 4.69) is 5.32 Å². The summed E-state index contributed by atoms with van der Waals surface area (Å²) >= 11 is 0. The molecule has 0 heterocycles. The van der Waals surface area contributed by atoms with Gasteiger partial charge in [0.25, 0.3) is 0 Å². The molecule has 0 bridgehead atoms. The Bertz CT molecular complexity index is 908. The summed E-state index contributed by atoms with van der Waals surface area (Å²) in [5.41, 5.74) is 2.88. The molecule has 0 spiro atoms. The van der Waals surface area contributed by atoms with Gasteiger partial charge in [0.15, 0.2) is 0 Å². The van der Waals surface area contributed by atoms with Crippen LogP contribution in [0.15, 0.2) is 47.4 Å². The molecule has 0 saturated heterocycles. The number of rotatable bonds is 6. The smallest absolute Gasteiger partial charge is 0.243 e. The number of fused-ring (bicyclic) bond motifs is 1. The van der Waals surface area contributed by atoms with E-state index in [0.29, 0.717) is 11.4 Å². The molecule has 0 fully saturated rings. The molecule has 1 aliphatic carbocycles. The molecular formula is C19H22N2O4S. The number of sulfonamides is 1. The van der Waals surface area contributed by atoms with Crippen molar-refractivity contribution in [3.8, 4) is 5.75 Å². The van der Waals surface area contributed by atoms with Crippen LogP contribution < -0.4 is 10.1 Å². The van der Waals surface area contributed by atoms with Crippen molar-refractivity contribution in [2.45, 2.75) is 24.2 Å². The van der Waals surface area contributed by atoms with Crippen LogP contribution in [0.5, 0.6) is 5.75 Å². The van der Waals surface area contributed by atoms with Gasteiger partial charge in [0.05, 0.1) is 18.6 Å². The van der Waals surface area contributed by atoms with Crippen molar-refractivity contribution >= 4 is 21.6 Å². The van der Waals surface area contributed by atoms with Gasteiger partial charge in [-0.05, 0) is 66.8 Å². The number of amides is 1. The third-order valence-electron chi connectivity index (χ3n) is 4.52. The fourth-order valence-electron chi connectivity index (χ4n) is 3.05. The zero-order valence-electron chi connectivity index (χ0n) is 14.9.